The van der Waals surface area contributed by atoms with Gasteiger partial charge in [0.25, 0.3) is 0 Å². The molecule has 2 amide bonds. The van der Waals surface area contributed by atoms with Crippen molar-refractivity contribution in [2.75, 3.05) is 20.1 Å². The molecule has 1 aliphatic heterocycles. The fourth-order valence-corrected chi connectivity index (χ4v) is 4.57. The number of benzene rings is 2. The predicted molar refractivity (Wildman–Crippen MR) is 145 cm³/mol. The van der Waals surface area contributed by atoms with E-state index in [2.05, 4.69) is 10.6 Å². The van der Waals surface area contributed by atoms with Crippen LogP contribution >= 0.6 is 0 Å². The van der Waals surface area contributed by atoms with E-state index < -0.39 is 42.0 Å². The number of carboxylic acid groups (broad SMARTS) is 1. The Labute approximate surface area is 227 Å². The summed E-state index contributed by atoms with van der Waals surface area (Å²) in [7, 11) is 1.31. The van der Waals surface area contributed by atoms with Gasteiger partial charge < -0.3 is 41.7 Å². The SMILES string of the molecule is CC(C)CN[C@H]1Cc2cc(ccc2O)-c2ccc(O)c(c2)C[C@@H](C(=O)O)N(C)C(=O)[C@H](C[C@@H](O)CN)NC1=O. The molecule has 4 atom stereocenters. The maximum absolute atomic E-state index is 13.6. The van der Waals surface area contributed by atoms with E-state index in [1.54, 1.807) is 24.3 Å². The minimum absolute atomic E-state index is 0.0110. The maximum atomic E-state index is 13.6. The monoisotopic (exact) mass is 542 g/mol. The van der Waals surface area contributed by atoms with E-state index in [1.807, 2.05) is 13.8 Å². The Balaban J connectivity index is 2.17. The fraction of sp³-hybridized carbons (Fsp3) is 0.464. The summed E-state index contributed by atoms with van der Waals surface area (Å²) in [6.45, 7) is 4.26. The van der Waals surface area contributed by atoms with Crippen LogP contribution in [0.15, 0.2) is 36.4 Å². The molecule has 1 aliphatic rings. The van der Waals surface area contributed by atoms with E-state index in [9.17, 15) is 34.8 Å². The van der Waals surface area contributed by atoms with Gasteiger partial charge in [0.2, 0.25) is 11.8 Å². The van der Waals surface area contributed by atoms with Gasteiger partial charge in [-0.2, -0.15) is 0 Å². The molecule has 0 aromatic heterocycles. The standard InChI is InChI=1S/C28H38N4O7/c1-15(2)14-30-21-10-18-8-16(4-6-24(18)34)17-5-7-25(35)19(9-17)11-23(28(38)39)32(3)27(37)22(31-26(21)36)12-20(33)13-29/h4-9,15,20-23,30,33-35H,10-14,29H2,1-3H3,(H,31,36)(H,38,39)/t20-,21+,22+,23+/m1/s1. The van der Waals surface area contributed by atoms with Crippen LogP contribution in [0.3, 0.4) is 0 Å². The molecular weight excluding hydrogens is 504 g/mol. The largest absolute Gasteiger partial charge is 0.508 e. The van der Waals surface area contributed by atoms with Crippen molar-refractivity contribution in [3.63, 3.8) is 0 Å². The van der Waals surface area contributed by atoms with E-state index in [0.717, 1.165) is 4.90 Å². The highest BCUT2D eigenvalue weighted by atomic mass is 16.4. The van der Waals surface area contributed by atoms with Gasteiger partial charge in [0.1, 0.15) is 23.6 Å². The average molecular weight is 543 g/mol. The highest BCUT2D eigenvalue weighted by Gasteiger charge is 2.35. The highest BCUT2D eigenvalue weighted by Crippen LogP contribution is 2.31. The van der Waals surface area contributed by atoms with Crippen molar-refractivity contribution >= 4 is 17.8 Å². The molecule has 8 N–H and O–H groups in total. The Hall–Kier alpha value is -3.67. The number of hydrogen-bond donors (Lipinski definition) is 7. The van der Waals surface area contributed by atoms with Gasteiger partial charge in [-0.25, -0.2) is 4.79 Å². The number of amides is 2. The van der Waals surface area contributed by atoms with Gasteiger partial charge in [0, 0.05) is 32.9 Å². The molecule has 11 nitrogen and oxygen atoms in total. The summed E-state index contributed by atoms with van der Waals surface area (Å²) in [5.41, 5.74) is 7.72. The summed E-state index contributed by atoms with van der Waals surface area (Å²) in [6.07, 6.45) is -1.46. The van der Waals surface area contributed by atoms with E-state index in [0.29, 0.717) is 28.8 Å². The number of hydrogen-bond acceptors (Lipinski definition) is 8. The Morgan fingerprint density at radius 2 is 1.64 bits per heavy atom. The minimum Gasteiger partial charge on any atom is -0.508 e. The average Bonchev–Trinajstić information content (AvgIpc) is 2.89. The van der Waals surface area contributed by atoms with Crippen molar-refractivity contribution in [2.45, 2.75) is 57.3 Å². The number of phenols is 2. The molecule has 0 fully saturated rings. The molecule has 3 rings (SSSR count). The zero-order chi connectivity index (χ0) is 28.9. The van der Waals surface area contributed by atoms with Crippen molar-refractivity contribution < 1.29 is 34.8 Å². The highest BCUT2D eigenvalue weighted by molar-refractivity contribution is 5.92. The molecule has 0 unspecified atom stereocenters. The van der Waals surface area contributed by atoms with Gasteiger partial charge >= 0.3 is 5.97 Å². The number of likely N-dealkylation sites (N-methyl/N-ethyl adjacent to an activating group) is 1. The summed E-state index contributed by atoms with van der Waals surface area (Å²) in [6, 6.07) is 6.23. The lowest BCUT2D eigenvalue weighted by atomic mass is 9.95. The first kappa shape index (κ1) is 29.9. The van der Waals surface area contributed by atoms with Crippen LogP contribution in [0.25, 0.3) is 11.1 Å². The van der Waals surface area contributed by atoms with Crippen molar-refractivity contribution in [1.82, 2.24) is 15.5 Å². The van der Waals surface area contributed by atoms with Crippen molar-refractivity contribution in [2.24, 2.45) is 11.7 Å². The fourth-order valence-electron chi connectivity index (χ4n) is 4.57. The van der Waals surface area contributed by atoms with E-state index in [4.69, 9.17) is 5.73 Å². The quantitative estimate of drug-likeness (QED) is 0.263. The van der Waals surface area contributed by atoms with Crippen LogP contribution in [0, 0.1) is 5.92 Å². The number of carboxylic acids is 1. The summed E-state index contributed by atoms with van der Waals surface area (Å²) in [5.74, 6) is -2.51. The number of carbonyl (C=O) groups is 3. The second-order valence-corrected chi connectivity index (χ2v) is 10.4. The Morgan fingerprint density at radius 3 is 2.15 bits per heavy atom. The molecule has 212 valence electrons. The molecule has 0 saturated heterocycles. The van der Waals surface area contributed by atoms with Crippen LogP contribution in [0.4, 0.5) is 0 Å². The minimum atomic E-state index is -1.37. The van der Waals surface area contributed by atoms with E-state index >= 15 is 0 Å². The second-order valence-electron chi connectivity index (χ2n) is 10.4. The summed E-state index contributed by atoms with van der Waals surface area (Å²) < 4.78 is 0. The number of nitrogens with zero attached hydrogens (tertiary/aromatic N) is 1. The normalized spacial score (nSPS) is 21.2. The molecular formula is C28H38N4O7. The van der Waals surface area contributed by atoms with Gasteiger partial charge in [0.05, 0.1) is 12.1 Å². The van der Waals surface area contributed by atoms with Gasteiger partial charge in [-0.3, -0.25) is 9.59 Å². The molecule has 39 heavy (non-hydrogen) atoms. The second kappa shape index (κ2) is 12.9. The van der Waals surface area contributed by atoms with E-state index in [-0.39, 0.29) is 43.2 Å². The number of aliphatic hydroxyl groups is 1. The van der Waals surface area contributed by atoms with Crippen molar-refractivity contribution in [1.29, 1.82) is 0 Å². The number of nitrogens with one attached hydrogen (secondary N) is 2. The Bertz CT molecular complexity index is 1200. The first-order valence-corrected chi connectivity index (χ1v) is 13.0. The van der Waals surface area contributed by atoms with E-state index in [1.165, 1.54) is 19.2 Å². The Kier molecular flexibility index (Phi) is 9.90. The number of aromatic hydroxyl groups is 2. The lowest BCUT2D eigenvalue weighted by Crippen LogP contribution is -2.57. The third kappa shape index (κ3) is 7.47. The molecule has 2 aromatic carbocycles. The van der Waals surface area contributed by atoms with Gasteiger partial charge in [-0.05, 0) is 59.0 Å². The number of phenolic OH excluding ortho intramolecular Hbond substituents is 2. The summed E-state index contributed by atoms with van der Waals surface area (Å²) >= 11 is 0. The van der Waals surface area contributed by atoms with Crippen LogP contribution in [0.2, 0.25) is 0 Å². The van der Waals surface area contributed by atoms with Crippen LogP contribution < -0.4 is 16.4 Å². The van der Waals surface area contributed by atoms with Crippen molar-refractivity contribution in [3.8, 4) is 22.6 Å². The van der Waals surface area contributed by atoms with Crippen LogP contribution in [0.5, 0.6) is 11.5 Å². The van der Waals surface area contributed by atoms with Gasteiger partial charge in [-0.15, -0.1) is 0 Å². The van der Waals surface area contributed by atoms with Crippen molar-refractivity contribution in [3.05, 3.63) is 47.5 Å². The van der Waals surface area contributed by atoms with Crippen LogP contribution in [0.1, 0.15) is 31.4 Å². The number of rotatable bonds is 7. The number of carbonyl (C=O) groups excluding carboxylic acids is 2. The first-order valence-electron chi connectivity index (χ1n) is 13.0. The lowest BCUT2D eigenvalue weighted by Gasteiger charge is -2.31. The number of fused-ring (bicyclic) bond motifs is 5. The molecule has 4 bridgehead atoms. The summed E-state index contributed by atoms with van der Waals surface area (Å²) in [4.78, 5) is 40.4. The maximum Gasteiger partial charge on any atom is 0.326 e. The van der Waals surface area contributed by atoms with Gasteiger partial charge in [0.15, 0.2) is 0 Å². The Morgan fingerprint density at radius 1 is 1.08 bits per heavy atom. The molecule has 0 aliphatic carbocycles. The molecule has 1 heterocycles. The molecule has 11 heteroatoms. The number of aliphatic carboxylic acids is 1. The van der Waals surface area contributed by atoms with Crippen LogP contribution in [-0.4, -0.2) is 87.5 Å². The summed E-state index contributed by atoms with van der Waals surface area (Å²) in [5, 5.41) is 47.3. The molecule has 0 radical (unpaired) electrons. The smallest absolute Gasteiger partial charge is 0.326 e. The zero-order valence-corrected chi connectivity index (χ0v) is 22.4. The van der Waals surface area contributed by atoms with Gasteiger partial charge in [-0.1, -0.05) is 26.0 Å². The lowest BCUT2D eigenvalue weighted by molar-refractivity contribution is -0.150. The third-order valence-corrected chi connectivity index (χ3v) is 6.91. The molecule has 2 aromatic rings. The molecule has 0 saturated carbocycles. The zero-order valence-electron chi connectivity index (χ0n) is 22.4. The molecule has 0 spiro atoms. The van der Waals surface area contributed by atoms with Crippen LogP contribution in [-0.2, 0) is 27.2 Å². The topological polar surface area (TPSA) is 185 Å². The number of aliphatic hydroxyl groups excluding tert-OH is 1. The first-order chi connectivity index (χ1) is 18.4. The third-order valence-electron chi connectivity index (χ3n) is 6.91. The number of nitrogens with two attached hydrogens (primary N) is 1. The predicted octanol–water partition coefficient (Wildman–Crippen LogP) is 0.584.